The number of allylic oxidation sites excluding steroid dienone is 1. The molecule has 0 unspecified atom stereocenters. The lowest BCUT2D eigenvalue weighted by atomic mass is 10.3. The topological polar surface area (TPSA) is 22.1 Å². The Kier molecular flexibility index (Phi) is 3.08. The van der Waals surface area contributed by atoms with Crippen molar-refractivity contribution in [3.05, 3.63) is 21.3 Å². The molecular formula is C7H8BrNOS. The quantitative estimate of drug-likeness (QED) is 0.734. The van der Waals surface area contributed by atoms with Gasteiger partial charge in [0.05, 0.1) is 18.2 Å². The van der Waals surface area contributed by atoms with Gasteiger partial charge in [-0.3, -0.25) is 0 Å². The largest absolute Gasteiger partial charge is 0.504 e. The van der Waals surface area contributed by atoms with Crippen molar-refractivity contribution in [1.29, 1.82) is 0 Å². The molecule has 0 amide bonds. The van der Waals surface area contributed by atoms with Crippen LogP contribution < -0.4 is 0 Å². The summed E-state index contributed by atoms with van der Waals surface area (Å²) in [6.45, 7) is 1.99. The van der Waals surface area contributed by atoms with E-state index in [4.69, 9.17) is 4.74 Å². The second-order valence-electron chi connectivity index (χ2n) is 2.01. The van der Waals surface area contributed by atoms with Crippen LogP contribution in [0.1, 0.15) is 11.8 Å². The van der Waals surface area contributed by atoms with Gasteiger partial charge >= 0.3 is 0 Å². The first-order chi connectivity index (χ1) is 5.24. The number of rotatable bonds is 2. The molecule has 1 aromatic heterocycles. The summed E-state index contributed by atoms with van der Waals surface area (Å²) in [5.41, 5.74) is 1.09. The fraction of sp³-hybridized carbons (Fsp3) is 0.286. The number of ether oxygens (including phenoxy) is 1. The minimum atomic E-state index is 0.899. The Balaban J connectivity index is 2.84. The van der Waals surface area contributed by atoms with E-state index in [0.29, 0.717) is 0 Å². The van der Waals surface area contributed by atoms with E-state index in [2.05, 4.69) is 20.9 Å². The third kappa shape index (κ3) is 2.31. The summed E-state index contributed by atoms with van der Waals surface area (Å²) in [5.74, 6) is 0. The highest BCUT2D eigenvalue weighted by Gasteiger charge is 2.00. The lowest BCUT2D eigenvalue weighted by molar-refractivity contribution is 0.339. The summed E-state index contributed by atoms with van der Waals surface area (Å²) >= 11 is 4.88. The molecule has 0 aliphatic heterocycles. The summed E-state index contributed by atoms with van der Waals surface area (Å²) in [5, 5.41) is 0. The molecule has 11 heavy (non-hydrogen) atoms. The highest BCUT2D eigenvalue weighted by molar-refractivity contribution is 9.11. The molecule has 0 radical (unpaired) electrons. The van der Waals surface area contributed by atoms with E-state index in [1.165, 1.54) is 0 Å². The summed E-state index contributed by atoms with van der Waals surface area (Å²) in [6.07, 6.45) is 3.53. The molecule has 1 rings (SSSR count). The van der Waals surface area contributed by atoms with Crippen molar-refractivity contribution < 1.29 is 4.74 Å². The van der Waals surface area contributed by atoms with Crippen molar-refractivity contribution in [2.75, 3.05) is 7.11 Å². The third-order valence-electron chi connectivity index (χ3n) is 1.16. The molecule has 0 fully saturated rings. The lowest BCUT2D eigenvalue weighted by Gasteiger charge is -1.93. The highest BCUT2D eigenvalue weighted by atomic mass is 79.9. The molecule has 0 aliphatic carbocycles. The van der Waals surface area contributed by atoms with E-state index in [9.17, 15) is 0 Å². The average Bonchev–Trinajstić information content (AvgIpc) is 2.36. The Bertz CT molecular complexity index is 269. The third-order valence-corrected chi connectivity index (χ3v) is 2.77. The van der Waals surface area contributed by atoms with Crippen LogP contribution in [0.2, 0.25) is 0 Å². The van der Waals surface area contributed by atoms with Crippen LogP contribution in [0.25, 0.3) is 5.57 Å². The lowest BCUT2D eigenvalue weighted by Crippen LogP contribution is -1.73. The molecule has 0 bridgehead atoms. The van der Waals surface area contributed by atoms with Crippen molar-refractivity contribution in [1.82, 2.24) is 4.98 Å². The van der Waals surface area contributed by atoms with Gasteiger partial charge in [0.1, 0.15) is 0 Å². The molecule has 0 aromatic carbocycles. The second kappa shape index (κ2) is 3.88. The monoisotopic (exact) mass is 233 g/mol. The van der Waals surface area contributed by atoms with Crippen LogP contribution in [0, 0.1) is 0 Å². The Morgan fingerprint density at radius 1 is 1.82 bits per heavy atom. The first kappa shape index (κ1) is 8.74. The van der Waals surface area contributed by atoms with E-state index >= 15 is 0 Å². The van der Waals surface area contributed by atoms with Crippen LogP contribution in [0.5, 0.6) is 0 Å². The molecule has 0 atom stereocenters. The first-order valence-corrected chi connectivity index (χ1v) is 4.66. The van der Waals surface area contributed by atoms with Gasteiger partial charge in [-0.15, -0.1) is 11.3 Å². The Morgan fingerprint density at radius 3 is 3.00 bits per heavy atom. The van der Waals surface area contributed by atoms with Crippen LogP contribution >= 0.6 is 27.3 Å². The molecule has 1 aromatic rings. The molecule has 0 saturated carbocycles. The molecule has 2 nitrogen and oxygen atoms in total. The van der Waals surface area contributed by atoms with Crippen LogP contribution in [0.15, 0.2) is 16.4 Å². The molecule has 0 aliphatic rings. The Hall–Kier alpha value is -0.350. The van der Waals surface area contributed by atoms with Crippen LogP contribution in [-0.2, 0) is 4.74 Å². The zero-order valence-electron chi connectivity index (χ0n) is 6.30. The van der Waals surface area contributed by atoms with Gasteiger partial charge in [-0.2, -0.15) is 0 Å². The number of thiazole rings is 1. The number of halogens is 1. The smallest absolute Gasteiger partial charge is 0.159 e. The predicted molar refractivity (Wildman–Crippen MR) is 50.5 cm³/mol. The maximum atomic E-state index is 4.87. The van der Waals surface area contributed by atoms with Gasteiger partial charge in [0.15, 0.2) is 3.92 Å². The summed E-state index contributed by atoms with van der Waals surface area (Å²) in [7, 11) is 1.64. The molecular weight excluding hydrogens is 226 g/mol. The molecule has 4 heteroatoms. The summed E-state index contributed by atoms with van der Waals surface area (Å²) < 4.78 is 5.77. The number of nitrogens with zero attached hydrogens (tertiary/aromatic N) is 1. The Morgan fingerprint density at radius 2 is 2.55 bits per heavy atom. The van der Waals surface area contributed by atoms with Crippen molar-refractivity contribution in [3.63, 3.8) is 0 Å². The van der Waals surface area contributed by atoms with Gasteiger partial charge in [-0.1, -0.05) is 0 Å². The maximum absolute atomic E-state index is 4.87. The van der Waals surface area contributed by atoms with Crippen molar-refractivity contribution in [2.45, 2.75) is 6.92 Å². The standard InChI is InChI=1S/C7H8BrNOS/c1-5(4-10-2)6-3-9-7(8)11-6/h3-4H,1-2H3. The maximum Gasteiger partial charge on any atom is 0.159 e. The fourth-order valence-electron chi connectivity index (χ4n) is 0.670. The van der Waals surface area contributed by atoms with Gasteiger partial charge in [0.2, 0.25) is 0 Å². The molecule has 0 N–H and O–H groups in total. The van der Waals surface area contributed by atoms with Gasteiger partial charge < -0.3 is 4.74 Å². The van der Waals surface area contributed by atoms with Crippen molar-refractivity contribution >= 4 is 32.8 Å². The van der Waals surface area contributed by atoms with Gasteiger partial charge in [-0.05, 0) is 22.9 Å². The van der Waals surface area contributed by atoms with Gasteiger partial charge in [-0.25, -0.2) is 4.98 Å². The summed E-state index contributed by atoms with van der Waals surface area (Å²) in [6, 6.07) is 0. The van der Waals surface area contributed by atoms with Crippen LogP contribution in [0.3, 0.4) is 0 Å². The number of hydrogen-bond donors (Lipinski definition) is 0. The van der Waals surface area contributed by atoms with E-state index in [0.717, 1.165) is 14.4 Å². The zero-order chi connectivity index (χ0) is 8.27. The average molecular weight is 234 g/mol. The van der Waals surface area contributed by atoms with E-state index < -0.39 is 0 Å². The Labute approximate surface area is 78.0 Å². The van der Waals surface area contributed by atoms with E-state index in [-0.39, 0.29) is 0 Å². The minimum absolute atomic E-state index is 0.899. The summed E-state index contributed by atoms with van der Waals surface area (Å²) in [4.78, 5) is 5.18. The van der Waals surface area contributed by atoms with Crippen LogP contribution in [-0.4, -0.2) is 12.1 Å². The fourth-order valence-corrected chi connectivity index (χ4v) is 1.90. The predicted octanol–water partition coefficient (Wildman–Crippen LogP) is 2.91. The minimum Gasteiger partial charge on any atom is -0.504 e. The van der Waals surface area contributed by atoms with Crippen molar-refractivity contribution in [2.24, 2.45) is 0 Å². The first-order valence-electron chi connectivity index (χ1n) is 3.05. The second-order valence-corrected chi connectivity index (χ2v) is 4.32. The number of aromatic nitrogens is 1. The highest BCUT2D eigenvalue weighted by Crippen LogP contribution is 2.24. The van der Waals surface area contributed by atoms with Gasteiger partial charge in [0.25, 0.3) is 0 Å². The molecule has 1 heterocycles. The molecule has 0 spiro atoms. The number of methoxy groups -OCH3 is 1. The molecule has 60 valence electrons. The van der Waals surface area contributed by atoms with E-state index in [1.54, 1.807) is 24.7 Å². The van der Waals surface area contributed by atoms with E-state index in [1.807, 2.05) is 13.1 Å². The van der Waals surface area contributed by atoms with Crippen LogP contribution in [0.4, 0.5) is 0 Å². The normalized spacial score (nSPS) is 11.7. The van der Waals surface area contributed by atoms with Crippen molar-refractivity contribution in [3.8, 4) is 0 Å². The number of hydrogen-bond acceptors (Lipinski definition) is 3. The van der Waals surface area contributed by atoms with Gasteiger partial charge in [0, 0.05) is 11.8 Å². The molecule has 0 saturated heterocycles. The zero-order valence-corrected chi connectivity index (χ0v) is 8.70. The SMILES string of the molecule is COC=C(C)c1cnc(Br)s1.